The lowest BCUT2D eigenvalue weighted by molar-refractivity contribution is -0.114. The molecule has 0 radical (unpaired) electrons. The summed E-state index contributed by atoms with van der Waals surface area (Å²) in [6.45, 7) is 2.87. The normalized spacial score (nSPS) is 9.67. The number of hydrogen-bond acceptors (Lipinski definition) is 3. The van der Waals surface area contributed by atoms with Crippen LogP contribution in [0, 0.1) is 0 Å². The maximum absolute atomic E-state index is 11.0. The predicted octanol–water partition coefficient (Wildman–Crippen LogP) is -0.930. The number of amides is 1. The Morgan fingerprint density at radius 2 is 2.08 bits per heavy atom. The molecule has 0 aromatic carbocycles. The van der Waals surface area contributed by atoms with Gasteiger partial charge in [0.1, 0.15) is 4.86 Å². The molecule has 0 heterocycles. The van der Waals surface area contributed by atoms with Crippen LogP contribution in [0.1, 0.15) is 6.92 Å². The molecular weight excluding hydrogens is 176 g/mol. The van der Waals surface area contributed by atoms with Gasteiger partial charge in [-0.25, -0.2) is 4.21 Å². The fourth-order valence-electron chi connectivity index (χ4n) is 0.555. The van der Waals surface area contributed by atoms with E-state index < -0.39 is 0 Å². The molecule has 0 fully saturated rings. The lowest BCUT2D eigenvalue weighted by Crippen LogP contribution is -2.34. The molecule has 70 valence electrons. The first-order valence-electron chi connectivity index (χ1n) is 3.64. The Balaban J connectivity index is 3.66. The van der Waals surface area contributed by atoms with Crippen molar-refractivity contribution in [1.82, 2.24) is 10.2 Å². The lowest BCUT2D eigenvalue weighted by Gasteiger charge is -2.09. The Hall–Kier alpha value is -0.680. The maximum atomic E-state index is 11.0. The zero-order chi connectivity index (χ0) is 9.56. The van der Waals surface area contributed by atoms with Crippen LogP contribution < -0.4 is 5.32 Å². The summed E-state index contributed by atoms with van der Waals surface area (Å²) < 4.78 is 10.2. The smallest absolute Gasteiger partial charge is 0.260 e. The topological polar surface area (TPSA) is 49.4 Å². The van der Waals surface area contributed by atoms with E-state index in [9.17, 15) is 9.00 Å². The van der Waals surface area contributed by atoms with Crippen LogP contribution in [0.3, 0.4) is 0 Å². The van der Waals surface area contributed by atoms with Crippen molar-refractivity contribution >= 4 is 22.0 Å². The average molecular weight is 190 g/mol. The summed E-state index contributed by atoms with van der Waals surface area (Å²) in [6, 6.07) is 0. The van der Waals surface area contributed by atoms with E-state index in [0.717, 1.165) is 6.54 Å². The van der Waals surface area contributed by atoms with Gasteiger partial charge < -0.3 is 10.2 Å². The first kappa shape index (κ1) is 11.3. The minimum atomic E-state index is -0.267. The van der Waals surface area contributed by atoms with E-state index in [1.54, 1.807) is 0 Å². The maximum Gasteiger partial charge on any atom is 0.260 e. The number of rotatable bonds is 4. The van der Waals surface area contributed by atoms with Crippen molar-refractivity contribution in [2.75, 3.05) is 27.2 Å². The third kappa shape index (κ3) is 5.03. The van der Waals surface area contributed by atoms with E-state index in [2.05, 4.69) is 5.32 Å². The van der Waals surface area contributed by atoms with Crippen LogP contribution in [0.4, 0.5) is 0 Å². The Morgan fingerprint density at radius 3 is 2.50 bits per heavy atom. The highest BCUT2D eigenvalue weighted by atomic mass is 32.1. The summed E-state index contributed by atoms with van der Waals surface area (Å²) >= 11 is 0.233. The summed E-state index contributed by atoms with van der Waals surface area (Å²) in [7, 11) is 3.84. The van der Waals surface area contributed by atoms with Gasteiger partial charge in [-0.3, -0.25) is 4.79 Å². The molecule has 0 aromatic heterocycles. The van der Waals surface area contributed by atoms with Crippen molar-refractivity contribution in [2.45, 2.75) is 6.92 Å². The highest BCUT2D eigenvalue weighted by Crippen LogP contribution is 1.73. The third-order valence-electron chi connectivity index (χ3n) is 1.29. The highest BCUT2D eigenvalue weighted by molar-refractivity contribution is 7.68. The second-order valence-corrected chi connectivity index (χ2v) is 3.48. The number of carbonyl (C=O) groups is 1. The minimum absolute atomic E-state index is 0.233. The highest BCUT2D eigenvalue weighted by Gasteiger charge is 2.02. The van der Waals surface area contributed by atoms with Gasteiger partial charge in [-0.1, -0.05) is 0 Å². The third-order valence-corrected chi connectivity index (χ3v) is 1.72. The van der Waals surface area contributed by atoms with Crippen LogP contribution >= 0.6 is 0 Å². The van der Waals surface area contributed by atoms with E-state index in [-0.39, 0.29) is 22.0 Å². The second kappa shape index (κ2) is 5.91. The van der Waals surface area contributed by atoms with E-state index in [0.29, 0.717) is 6.54 Å². The summed E-state index contributed by atoms with van der Waals surface area (Å²) in [6.07, 6.45) is 0. The Morgan fingerprint density at radius 1 is 1.50 bits per heavy atom. The van der Waals surface area contributed by atoms with Gasteiger partial charge >= 0.3 is 0 Å². The molecule has 0 aliphatic carbocycles. The number of likely N-dealkylation sites (N-methyl/N-ethyl adjacent to an activating group) is 1. The van der Waals surface area contributed by atoms with Crippen molar-refractivity contribution in [3.8, 4) is 0 Å². The van der Waals surface area contributed by atoms with Crippen molar-refractivity contribution in [1.29, 1.82) is 0 Å². The number of nitrogens with zero attached hydrogens (tertiary/aromatic N) is 1. The molecule has 0 saturated carbocycles. The van der Waals surface area contributed by atoms with Crippen molar-refractivity contribution in [2.24, 2.45) is 0 Å². The predicted molar refractivity (Wildman–Crippen MR) is 50.4 cm³/mol. The molecule has 0 aliphatic rings. The molecule has 0 aromatic rings. The molecule has 1 amide bonds. The van der Waals surface area contributed by atoms with E-state index in [1.807, 2.05) is 19.0 Å². The molecular formula is C7H14N2O2S. The lowest BCUT2D eigenvalue weighted by atomic mass is 10.4. The Kier molecular flexibility index (Phi) is 5.57. The molecule has 5 heteroatoms. The molecule has 0 atom stereocenters. The molecule has 0 spiro atoms. The van der Waals surface area contributed by atoms with Gasteiger partial charge in [-0.05, 0) is 21.0 Å². The van der Waals surface area contributed by atoms with Crippen molar-refractivity contribution in [3.05, 3.63) is 0 Å². The van der Waals surface area contributed by atoms with Crippen molar-refractivity contribution in [3.63, 3.8) is 0 Å². The largest absolute Gasteiger partial charge is 0.350 e. The fourth-order valence-corrected chi connectivity index (χ4v) is 0.703. The molecule has 0 bridgehead atoms. The van der Waals surface area contributed by atoms with Crippen LogP contribution in [-0.4, -0.2) is 47.1 Å². The van der Waals surface area contributed by atoms with E-state index in [4.69, 9.17) is 0 Å². The van der Waals surface area contributed by atoms with Gasteiger partial charge in [-0.15, -0.1) is 0 Å². The van der Waals surface area contributed by atoms with Crippen LogP contribution in [0.2, 0.25) is 0 Å². The molecule has 0 saturated heterocycles. The van der Waals surface area contributed by atoms with Gasteiger partial charge in [0.25, 0.3) is 5.91 Å². The van der Waals surface area contributed by atoms with E-state index >= 15 is 0 Å². The zero-order valence-electron chi connectivity index (χ0n) is 7.59. The average Bonchev–Trinajstić information content (AvgIpc) is 2.02. The Labute approximate surface area is 76.0 Å². The molecule has 4 nitrogen and oxygen atoms in total. The van der Waals surface area contributed by atoms with Crippen LogP contribution in [0.5, 0.6) is 0 Å². The standard InChI is InChI=1S/C7H14N2O2S/c1-6(12-11)7(10)8-4-5-9(2)3/h4-5H2,1-3H3,(H,8,10). The monoisotopic (exact) mass is 190 g/mol. The quantitative estimate of drug-likeness (QED) is 0.583. The number of nitrogens with one attached hydrogen (secondary N) is 1. The first-order chi connectivity index (χ1) is 5.57. The number of hydrogen-bond donors (Lipinski definition) is 1. The Bertz CT molecular complexity index is 209. The number of carbonyl (C=O) groups excluding carboxylic acids is 1. The minimum Gasteiger partial charge on any atom is -0.350 e. The molecule has 12 heavy (non-hydrogen) atoms. The van der Waals surface area contributed by atoms with Crippen LogP contribution in [-0.2, 0) is 16.1 Å². The SMILES string of the molecule is CC(=S=O)C(=O)NCCN(C)C. The molecule has 0 unspecified atom stereocenters. The molecule has 1 N–H and O–H groups in total. The fraction of sp³-hybridized carbons (Fsp3) is 0.714. The first-order valence-corrected chi connectivity index (χ1v) is 4.38. The molecule has 0 rings (SSSR count). The van der Waals surface area contributed by atoms with E-state index in [1.165, 1.54) is 6.92 Å². The van der Waals surface area contributed by atoms with Crippen LogP contribution in [0.15, 0.2) is 0 Å². The van der Waals surface area contributed by atoms with Crippen molar-refractivity contribution < 1.29 is 9.00 Å². The second-order valence-electron chi connectivity index (χ2n) is 2.70. The van der Waals surface area contributed by atoms with Gasteiger partial charge in [0.05, 0.1) is 11.3 Å². The summed E-state index contributed by atoms with van der Waals surface area (Å²) in [5.41, 5.74) is 0. The summed E-state index contributed by atoms with van der Waals surface area (Å²) in [5.74, 6) is -0.267. The van der Waals surface area contributed by atoms with Gasteiger partial charge in [0.2, 0.25) is 0 Å². The van der Waals surface area contributed by atoms with Gasteiger partial charge in [0.15, 0.2) is 0 Å². The summed E-state index contributed by atoms with van der Waals surface area (Å²) in [5, 5.41) is 2.63. The van der Waals surface area contributed by atoms with Gasteiger partial charge in [-0.2, -0.15) is 0 Å². The van der Waals surface area contributed by atoms with Crippen LogP contribution in [0.25, 0.3) is 0 Å². The van der Waals surface area contributed by atoms with Gasteiger partial charge in [0, 0.05) is 13.1 Å². The molecule has 0 aliphatic heterocycles. The zero-order valence-corrected chi connectivity index (χ0v) is 8.40. The summed E-state index contributed by atoms with van der Waals surface area (Å²) in [4.78, 5) is 13.2.